The zero-order valence-electron chi connectivity index (χ0n) is 10.9. The van der Waals surface area contributed by atoms with Crippen LogP contribution in [0.1, 0.15) is 37.3 Å². The summed E-state index contributed by atoms with van der Waals surface area (Å²) in [5.41, 5.74) is 7.49. The Morgan fingerprint density at radius 1 is 1.32 bits per heavy atom. The number of rotatable bonds is 2. The maximum Gasteiger partial charge on any atom is 0.173 e. The fourth-order valence-electron chi connectivity index (χ4n) is 3.26. The highest BCUT2D eigenvalue weighted by Crippen LogP contribution is 2.42. The number of ether oxygens (including phenoxy) is 2. The van der Waals surface area contributed by atoms with Crippen molar-refractivity contribution < 1.29 is 13.9 Å². The van der Waals surface area contributed by atoms with Crippen LogP contribution < -0.4 is 5.73 Å². The van der Waals surface area contributed by atoms with Crippen LogP contribution in [-0.4, -0.2) is 25.4 Å². The summed E-state index contributed by atoms with van der Waals surface area (Å²) in [4.78, 5) is 0. The van der Waals surface area contributed by atoms with E-state index in [1.807, 2.05) is 6.07 Å². The second-order valence-electron chi connectivity index (χ2n) is 5.57. The largest absolute Gasteiger partial charge is 0.457 e. The molecule has 1 spiro atoms. The predicted molar refractivity (Wildman–Crippen MR) is 74.8 cm³/mol. The molecule has 2 aliphatic heterocycles. The molecule has 5 heteroatoms. The molecule has 1 aromatic rings. The molecule has 1 aromatic heterocycles. The van der Waals surface area contributed by atoms with E-state index in [-0.39, 0.29) is 11.6 Å². The van der Waals surface area contributed by atoms with E-state index >= 15 is 0 Å². The van der Waals surface area contributed by atoms with Gasteiger partial charge in [-0.1, -0.05) is 0 Å². The smallest absolute Gasteiger partial charge is 0.173 e. The molecule has 2 fully saturated rings. The van der Waals surface area contributed by atoms with Crippen LogP contribution >= 0.6 is 15.9 Å². The van der Waals surface area contributed by atoms with E-state index in [4.69, 9.17) is 19.6 Å². The molecule has 2 N–H and O–H groups in total. The molecule has 3 rings (SSSR count). The second-order valence-corrected chi connectivity index (χ2v) is 6.29. The van der Waals surface area contributed by atoms with Gasteiger partial charge < -0.3 is 19.6 Å². The van der Waals surface area contributed by atoms with Crippen molar-refractivity contribution in [2.24, 2.45) is 11.7 Å². The Balaban J connectivity index is 1.72. The SMILES string of the molecule is NC(c1ccoc1Br)C1CCOC2(CCOCC2)C1. The maximum atomic E-state index is 6.43. The first kappa shape index (κ1) is 13.6. The molecule has 2 aliphatic rings. The number of hydrogen-bond donors (Lipinski definition) is 1. The van der Waals surface area contributed by atoms with Crippen molar-refractivity contribution in [2.75, 3.05) is 19.8 Å². The van der Waals surface area contributed by atoms with E-state index < -0.39 is 0 Å². The third kappa shape index (κ3) is 2.75. The summed E-state index contributed by atoms with van der Waals surface area (Å²) in [6.07, 6.45) is 5.70. The average Bonchev–Trinajstić information content (AvgIpc) is 2.85. The third-order valence-corrected chi connectivity index (χ3v) is 5.09. The van der Waals surface area contributed by atoms with Gasteiger partial charge >= 0.3 is 0 Å². The van der Waals surface area contributed by atoms with Gasteiger partial charge in [0.2, 0.25) is 0 Å². The molecule has 0 aliphatic carbocycles. The van der Waals surface area contributed by atoms with Gasteiger partial charge in [-0.05, 0) is 53.6 Å². The molecule has 19 heavy (non-hydrogen) atoms. The van der Waals surface area contributed by atoms with Crippen LogP contribution in [0.25, 0.3) is 0 Å². The first-order valence-corrected chi connectivity index (χ1v) is 7.70. The Morgan fingerprint density at radius 3 is 2.79 bits per heavy atom. The second kappa shape index (κ2) is 5.56. The lowest BCUT2D eigenvalue weighted by Gasteiger charge is -2.44. The normalized spacial score (nSPS) is 28.4. The number of furan rings is 1. The molecule has 0 radical (unpaired) electrons. The Labute approximate surface area is 121 Å². The summed E-state index contributed by atoms with van der Waals surface area (Å²) in [6.45, 7) is 2.41. The highest BCUT2D eigenvalue weighted by molar-refractivity contribution is 9.10. The number of halogens is 1. The van der Waals surface area contributed by atoms with Gasteiger partial charge in [0.05, 0.1) is 11.9 Å². The average molecular weight is 330 g/mol. The summed E-state index contributed by atoms with van der Waals surface area (Å²) < 4.78 is 17.6. The molecule has 2 atom stereocenters. The molecular weight excluding hydrogens is 310 g/mol. The van der Waals surface area contributed by atoms with E-state index in [0.717, 1.165) is 55.7 Å². The van der Waals surface area contributed by atoms with Gasteiger partial charge in [-0.2, -0.15) is 0 Å². The highest BCUT2D eigenvalue weighted by Gasteiger charge is 2.41. The van der Waals surface area contributed by atoms with E-state index in [2.05, 4.69) is 15.9 Å². The van der Waals surface area contributed by atoms with Crippen LogP contribution in [0, 0.1) is 5.92 Å². The Morgan fingerprint density at radius 2 is 2.11 bits per heavy atom. The Hall–Kier alpha value is -0.360. The highest BCUT2D eigenvalue weighted by atomic mass is 79.9. The van der Waals surface area contributed by atoms with Crippen molar-refractivity contribution in [2.45, 2.75) is 37.3 Å². The van der Waals surface area contributed by atoms with Crippen molar-refractivity contribution in [3.8, 4) is 0 Å². The lowest BCUT2D eigenvalue weighted by atomic mass is 9.77. The van der Waals surface area contributed by atoms with Gasteiger partial charge in [-0.3, -0.25) is 0 Å². The molecular formula is C14H20BrNO3. The van der Waals surface area contributed by atoms with Crippen molar-refractivity contribution >= 4 is 15.9 Å². The zero-order valence-corrected chi connectivity index (χ0v) is 12.5. The van der Waals surface area contributed by atoms with Gasteiger partial charge in [0.15, 0.2) is 4.67 Å². The van der Waals surface area contributed by atoms with Gasteiger partial charge in [0, 0.05) is 31.4 Å². The fraction of sp³-hybridized carbons (Fsp3) is 0.714. The minimum Gasteiger partial charge on any atom is -0.457 e. The number of hydrogen-bond acceptors (Lipinski definition) is 4. The molecule has 2 saturated heterocycles. The summed E-state index contributed by atoms with van der Waals surface area (Å²) in [5.74, 6) is 0.445. The zero-order chi connectivity index (χ0) is 13.3. The van der Waals surface area contributed by atoms with Gasteiger partial charge in [0.1, 0.15) is 0 Å². The summed E-state index contributed by atoms with van der Waals surface area (Å²) in [6, 6.07) is 1.97. The van der Waals surface area contributed by atoms with E-state index in [1.165, 1.54) is 0 Å². The van der Waals surface area contributed by atoms with Crippen LogP contribution in [0.5, 0.6) is 0 Å². The molecule has 0 amide bonds. The van der Waals surface area contributed by atoms with Gasteiger partial charge in [0.25, 0.3) is 0 Å². The van der Waals surface area contributed by atoms with E-state index in [9.17, 15) is 0 Å². The minimum absolute atomic E-state index is 0.00496. The topological polar surface area (TPSA) is 57.6 Å². The Bertz CT molecular complexity index is 423. The lowest BCUT2D eigenvalue weighted by molar-refractivity contribution is -0.149. The lowest BCUT2D eigenvalue weighted by Crippen LogP contribution is -2.46. The minimum atomic E-state index is -0.00496. The van der Waals surface area contributed by atoms with Crippen LogP contribution in [-0.2, 0) is 9.47 Å². The van der Waals surface area contributed by atoms with Crippen LogP contribution in [0.2, 0.25) is 0 Å². The quantitative estimate of drug-likeness (QED) is 0.906. The van der Waals surface area contributed by atoms with Crippen LogP contribution in [0.3, 0.4) is 0 Å². The number of nitrogens with two attached hydrogens (primary N) is 1. The van der Waals surface area contributed by atoms with Gasteiger partial charge in [-0.25, -0.2) is 0 Å². The predicted octanol–water partition coefficient (Wildman–Crippen LogP) is 3.02. The van der Waals surface area contributed by atoms with Crippen LogP contribution in [0.4, 0.5) is 0 Å². The van der Waals surface area contributed by atoms with Crippen molar-refractivity contribution in [1.29, 1.82) is 0 Å². The molecule has 0 aromatic carbocycles. The molecule has 0 saturated carbocycles. The Kier molecular flexibility index (Phi) is 3.98. The summed E-state index contributed by atoms with van der Waals surface area (Å²) in [5, 5.41) is 0. The summed E-state index contributed by atoms with van der Waals surface area (Å²) in [7, 11) is 0. The molecule has 4 nitrogen and oxygen atoms in total. The standard InChI is InChI=1S/C14H20BrNO3/c15-13-11(2-5-18-13)12(16)10-1-6-19-14(9-10)3-7-17-8-4-14/h2,5,10,12H,1,3-4,6-9,16H2. The van der Waals surface area contributed by atoms with Crippen LogP contribution in [0.15, 0.2) is 21.4 Å². The third-order valence-electron chi connectivity index (χ3n) is 4.45. The molecule has 2 unspecified atom stereocenters. The van der Waals surface area contributed by atoms with Gasteiger partial charge in [-0.15, -0.1) is 0 Å². The van der Waals surface area contributed by atoms with E-state index in [0.29, 0.717) is 5.92 Å². The molecule has 3 heterocycles. The fourth-order valence-corrected chi connectivity index (χ4v) is 3.77. The van der Waals surface area contributed by atoms with Crippen molar-refractivity contribution in [3.63, 3.8) is 0 Å². The van der Waals surface area contributed by atoms with E-state index in [1.54, 1.807) is 6.26 Å². The summed E-state index contributed by atoms with van der Waals surface area (Å²) >= 11 is 3.42. The monoisotopic (exact) mass is 329 g/mol. The van der Waals surface area contributed by atoms with Crippen molar-refractivity contribution in [3.05, 3.63) is 22.6 Å². The first-order chi connectivity index (χ1) is 9.20. The molecule has 106 valence electrons. The van der Waals surface area contributed by atoms with Crippen molar-refractivity contribution in [1.82, 2.24) is 0 Å². The molecule has 0 bridgehead atoms. The maximum absolute atomic E-state index is 6.43. The first-order valence-electron chi connectivity index (χ1n) is 6.90.